The predicted octanol–water partition coefficient (Wildman–Crippen LogP) is 2.75. The number of imidazole rings is 1. The third kappa shape index (κ3) is 1.72. The van der Waals surface area contributed by atoms with Crippen molar-refractivity contribution in [1.82, 2.24) is 9.97 Å². The van der Waals surface area contributed by atoms with Gasteiger partial charge in [0.15, 0.2) is 17.8 Å². The van der Waals surface area contributed by atoms with E-state index in [1.54, 1.807) is 0 Å². The van der Waals surface area contributed by atoms with Gasteiger partial charge in [0.05, 0.1) is 18.2 Å². The summed E-state index contributed by atoms with van der Waals surface area (Å²) in [5.41, 5.74) is -0.237. The van der Waals surface area contributed by atoms with Gasteiger partial charge in [-0.3, -0.25) is 0 Å². The number of rotatable bonds is 2. The van der Waals surface area contributed by atoms with Crippen LogP contribution in [0.4, 0.5) is 13.2 Å². The summed E-state index contributed by atoms with van der Waals surface area (Å²) in [6.45, 7) is 0. The lowest BCUT2D eigenvalue weighted by Gasteiger charge is -2.07. The monoisotopic (exact) mass is 212 g/mol. The molecule has 2 nitrogen and oxygen atoms in total. The van der Waals surface area contributed by atoms with Gasteiger partial charge in [0.1, 0.15) is 0 Å². The van der Waals surface area contributed by atoms with Crippen molar-refractivity contribution in [2.45, 2.75) is 6.17 Å². The number of hydrogen-bond donors (Lipinski definition) is 1. The molecule has 1 aromatic carbocycles. The highest BCUT2D eigenvalue weighted by molar-refractivity contribution is 5.26. The summed E-state index contributed by atoms with van der Waals surface area (Å²) < 4.78 is 39.7. The van der Waals surface area contributed by atoms with Crippen LogP contribution in [0.25, 0.3) is 0 Å². The quantitative estimate of drug-likeness (QED) is 0.814. The zero-order valence-corrected chi connectivity index (χ0v) is 7.55. The van der Waals surface area contributed by atoms with Crippen LogP contribution in [0.15, 0.2) is 30.7 Å². The summed E-state index contributed by atoms with van der Waals surface area (Å²) in [6.07, 6.45) is 0.775. The van der Waals surface area contributed by atoms with Crippen LogP contribution in [0.2, 0.25) is 0 Å². The number of hydrogen-bond acceptors (Lipinski definition) is 1. The average molecular weight is 212 g/mol. The van der Waals surface area contributed by atoms with Gasteiger partial charge in [-0.05, 0) is 6.07 Å². The molecule has 2 aromatic rings. The Morgan fingerprint density at radius 1 is 1.27 bits per heavy atom. The highest BCUT2D eigenvalue weighted by atomic mass is 19.2. The van der Waals surface area contributed by atoms with E-state index in [1.165, 1.54) is 24.7 Å². The third-order valence-corrected chi connectivity index (χ3v) is 2.05. The Labute approximate surface area is 83.8 Å². The van der Waals surface area contributed by atoms with E-state index in [2.05, 4.69) is 9.97 Å². The van der Waals surface area contributed by atoms with Gasteiger partial charge in [0.25, 0.3) is 0 Å². The maximum atomic E-state index is 13.7. The van der Waals surface area contributed by atoms with Gasteiger partial charge >= 0.3 is 0 Å². The Morgan fingerprint density at radius 3 is 2.73 bits per heavy atom. The lowest BCUT2D eigenvalue weighted by molar-refractivity contribution is 0.372. The van der Waals surface area contributed by atoms with E-state index in [0.29, 0.717) is 0 Å². The molecule has 5 heteroatoms. The highest BCUT2D eigenvalue weighted by Crippen LogP contribution is 2.27. The van der Waals surface area contributed by atoms with Crippen molar-refractivity contribution >= 4 is 0 Å². The summed E-state index contributed by atoms with van der Waals surface area (Å²) in [7, 11) is 0. The largest absolute Gasteiger partial charge is 0.346 e. The Kier molecular flexibility index (Phi) is 2.45. The van der Waals surface area contributed by atoms with Crippen molar-refractivity contribution in [2.75, 3.05) is 0 Å². The maximum Gasteiger partial charge on any atom is 0.169 e. The first kappa shape index (κ1) is 9.76. The molecule has 0 aliphatic carbocycles. The second kappa shape index (κ2) is 3.76. The van der Waals surface area contributed by atoms with Crippen LogP contribution >= 0.6 is 0 Å². The fourth-order valence-corrected chi connectivity index (χ4v) is 1.29. The van der Waals surface area contributed by atoms with Crippen LogP contribution in [0.1, 0.15) is 17.4 Å². The normalized spacial score (nSPS) is 12.7. The van der Waals surface area contributed by atoms with Crippen molar-refractivity contribution in [2.24, 2.45) is 0 Å². The number of alkyl halides is 1. The molecule has 1 aromatic heterocycles. The number of H-pyrrole nitrogens is 1. The highest BCUT2D eigenvalue weighted by Gasteiger charge is 2.20. The lowest BCUT2D eigenvalue weighted by Crippen LogP contribution is -2.00. The van der Waals surface area contributed by atoms with Crippen molar-refractivity contribution in [3.8, 4) is 0 Å². The molecule has 0 spiro atoms. The molecule has 0 saturated heterocycles. The zero-order valence-electron chi connectivity index (χ0n) is 7.55. The number of nitrogens with one attached hydrogen (secondary N) is 1. The molecule has 0 saturated carbocycles. The molecular weight excluding hydrogens is 205 g/mol. The Balaban J connectivity index is 2.42. The van der Waals surface area contributed by atoms with Gasteiger partial charge in [0, 0.05) is 5.56 Å². The molecular formula is C10H7F3N2. The number of aromatic nitrogens is 2. The van der Waals surface area contributed by atoms with Gasteiger partial charge < -0.3 is 4.98 Å². The topological polar surface area (TPSA) is 28.7 Å². The van der Waals surface area contributed by atoms with Crippen LogP contribution in [0.5, 0.6) is 0 Å². The third-order valence-electron chi connectivity index (χ3n) is 2.05. The summed E-state index contributed by atoms with van der Waals surface area (Å²) in [5, 5.41) is 0. The van der Waals surface area contributed by atoms with E-state index in [4.69, 9.17) is 0 Å². The lowest BCUT2D eigenvalue weighted by atomic mass is 10.1. The van der Waals surface area contributed by atoms with Crippen LogP contribution in [-0.2, 0) is 0 Å². The first-order chi connectivity index (χ1) is 7.20. The Hall–Kier alpha value is -1.78. The molecule has 0 aliphatic heterocycles. The summed E-state index contributed by atoms with van der Waals surface area (Å²) in [4.78, 5) is 6.12. The Bertz CT molecular complexity index is 454. The first-order valence-electron chi connectivity index (χ1n) is 4.26. The summed E-state index contributed by atoms with van der Waals surface area (Å²) >= 11 is 0. The number of halogens is 3. The smallest absolute Gasteiger partial charge is 0.169 e. The van der Waals surface area contributed by atoms with Gasteiger partial charge in [-0.15, -0.1) is 0 Å². The molecule has 2 rings (SSSR count). The minimum absolute atomic E-state index is 0.0968. The molecule has 0 fully saturated rings. The molecule has 1 unspecified atom stereocenters. The molecule has 78 valence electrons. The first-order valence-corrected chi connectivity index (χ1v) is 4.26. The van der Waals surface area contributed by atoms with E-state index >= 15 is 0 Å². The van der Waals surface area contributed by atoms with E-state index in [1.807, 2.05) is 0 Å². The van der Waals surface area contributed by atoms with Crippen molar-refractivity contribution < 1.29 is 13.2 Å². The molecule has 0 radical (unpaired) electrons. The molecule has 1 atom stereocenters. The number of nitrogens with zero attached hydrogens (tertiary/aromatic N) is 1. The fraction of sp³-hybridized carbons (Fsp3) is 0.100. The van der Waals surface area contributed by atoms with E-state index in [9.17, 15) is 13.2 Å². The predicted molar refractivity (Wildman–Crippen MR) is 47.9 cm³/mol. The standard InChI is InChI=1S/C10H7F3N2/c11-7-3-1-2-6(9(7)12)10(13)8-4-14-5-15-8/h1-5,10H,(H,14,15). The molecule has 15 heavy (non-hydrogen) atoms. The molecule has 1 heterocycles. The van der Waals surface area contributed by atoms with E-state index in [-0.39, 0.29) is 11.3 Å². The fourth-order valence-electron chi connectivity index (χ4n) is 1.29. The van der Waals surface area contributed by atoms with Crippen LogP contribution < -0.4 is 0 Å². The van der Waals surface area contributed by atoms with Crippen LogP contribution in [0, 0.1) is 11.6 Å². The van der Waals surface area contributed by atoms with E-state index in [0.717, 1.165) is 6.07 Å². The minimum Gasteiger partial charge on any atom is -0.346 e. The van der Waals surface area contributed by atoms with Crippen molar-refractivity contribution in [3.63, 3.8) is 0 Å². The van der Waals surface area contributed by atoms with Crippen LogP contribution in [-0.4, -0.2) is 9.97 Å². The molecule has 1 N–H and O–H groups in total. The SMILES string of the molecule is Fc1cccc(C(F)c2cnc[nH]2)c1F. The van der Waals surface area contributed by atoms with Crippen LogP contribution in [0.3, 0.4) is 0 Å². The van der Waals surface area contributed by atoms with Gasteiger partial charge in [-0.2, -0.15) is 0 Å². The molecule has 0 bridgehead atoms. The number of benzene rings is 1. The minimum atomic E-state index is -1.73. The van der Waals surface area contributed by atoms with E-state index < -0.39 is 17.8 Å². The molecule has 0 aliphatic rings. The van der Waals surface area contributed by atoms with Crippen molar-refractivity contribution in [3.05, 3.63) is 53.6 Å². The Morgan fingerprint density at radius 2 is 2.07 bits per heavy atom. The molecule has 0 amide bonds. The second-order valence-corrected chi connectivity index (χ2v) is 3.01. The van der Waals surface area contributed by atoms with Gasteiger partial charge in [-0.1, -0.05) is 12.1 Å². The van der Waals surface area contributed by atoms with Gasteiger partial charge in [0.2, 0.25) is 0 Å². The zero-order chi connectivity index (χ0) is 10.8. The number of aromatic amines is 1. The van der Waals surface area contributed by atoms with Gasteiger partial charge in [-0.25, -0.2) is 18.2 Å². The summed E-state index contributed by atoms with van der Waals surface area (Å²) in [5.74, 6) is -2.23. The second-order valence-electron chi connectivity index (χ2n) is 3.01. The van der Waals surface area contributed by atoms with Crippen molar-refractivity contribution in [1.29, 1.82) is 0 Å². The maximum absolute atomic E-state index is 13.7. The summed E-state index contributed by atoms with van der Waals surface area (Å²) in [6, 6.07) is 3.40. The average Bonchev–Trinajstić information content (AvgIpc) is 2.74.